The lowest BCUT2D eigenvalue weighted by atomic mass is 10.2. The van der Waals surface area contributed by atoms with Crippen molar-refractivity contribution in [2.24, 2.45) is 0 Å². The van der Waals surface area contributed by atoms with E-state index >= 15 is 0 Å². The number of thioether (sulfide) groups is 1. The van der Waals surface area contributed by atoms with Crippen LogP contribution in [0.5, 0.6) is 5.75 Å². The molecule has 0 N–H and O–H groups in total. The number of benzene rings is 2. The normalized spacial score (nSPS) is 11.0. The third-order valence-corrected chi connectivity index (χ3v) is 5.41. The van der Waals surface area contributed by atoms with Gasteiger partial charge in [-0.2, -0.15) is 0 Å². The van der Waals surface area contributed by atoms with Gasteiger partial charge in [0.15, 0.2) is 5.16 Å². The second-order valence-electron chi connectivity index (χ2n) is 6.71. The maximum atomic E-state index is 13.2. The maximum absolute atomic E-state index is 13.2. The molecule has 0 saturated carbocycles. The van der Waals surface area contributed by atoms with Gasteiger partial charge in [-0.05, 0) is 55.3 Å². The van der Waals surface area contributed by atoms with Crippen LogP contribution < -0.4 is 10.3 Å². The van der Waals surface area contributed by atoms with Crippen molar-refractivity contribution in [1.82, 2.24) is 14.5 Å². The summed E-state index contributed by atoms with van der Waals surface area (Å²) in [6.45, 7) is 4.49. The van der Waals surface area contributed by atoms with Gasteiger partial charge >= 0.3 is 0 Å². The molecule has 0 aliphatic rings. The van der Waals surface area contributed by atoms with Crippen LogP contribution in [0, 0.1) is 13.8 Å². The standard InChI is InChI=1S/C23H21N3O2S/c1-16-7-5-9-18(15-16)28-13-14-29-23-25-20-11-4-3-10-19(20)22(27)26(23)21-17(2)8-6-12-24-21/h3-12,15H,13-14H2,1-2H3. The molecular weight excluding hydrogens is 382 g/mol. The predicted octanol–water partition coefficient (Wildman–Crippen LogP) is 4.57. The topological polar surface area (TPSA) is 57.0 Å². The molecule has 146 valence electrons. The molecule has 4 aromatic rings. The third kappa shape index (κ3) is 4.17. The van der Waals surface area contributed by atoms with Crippen LogP contribution in [-0.2, 0) is 0 Å². The fourth-order valence-electron chi connectivity index (χ4n) is 3.10. The van der Waals surface area contributed by atoms with E-state index in [2.05, 4.69) is 4.98 Å². The Hall–Kier alpha value is -3.12. The van der Waals surface area contributed by atoms with Gasteiger partial charge in [-0.15, -0.1) is 0 Å². The monoisotopic (exact) mass is 403 g/mol. The first-order valence-corrected chi connectivity index (χ1v) is 10.4. The van der Waals surface area contributed by atoms with E-state index < -0.39 is 0 Å². The van der Waals surface area contributed by atoms with Crippen molar-refractivity contribution in [1.29, 1.82) is 0 Å². The summed E-state index contributed by atoms with van der Waals surface area (Å²) >= 11 is 1.49. The van der Waals surface area contributed by atoms with Crippen LogP contribution in [0.4, 0.5) is 0 Å². The number of aromatic nitrogens is 3. The summed E-state index contributed by atoms with van der Waals surface area (Å²) in [5.41, 5.74) is 2.65. The summed E-state index contributed by atoms with van der Waals surface area (Å²) in [7, 11) is 0. The molecule has 4 rings (SSSR count). The van der Waals surface area contributed by atoms with Crippen LogP contribution in [0.1, 0.15) is 11.1 Å². The highest BCUT2D eigenvalue weighted by Gasteiger charge is 2.15. The molecule has 2 aromatic carbocycles. The lowest BCUT2D eigenvalue weighted by Gasteiger charge is -2.14. The first-order chi connectivity index (χ1) is 14.1. The van der Waals surface area contributed by atoms with Gasteiger partial charge in [0.2, 0.25) is 0 Å². The summed E-state index contributed by atoms with van der Waals surface area (Å²) in [5.74, 6) is 2.11. The van der Waals surface area contributed by atoms with Gasteiger partial charge < -0.3 is 4.74 Å². The fourth-order valence-corrected chi connectivity index (χ4v) is 3.92. The third-order valence-electron chi connectivity index (χ3n) is 4.51. The Bertz CT molecular complexity index is 1220. The second-order valence-corrected chi connectivity index (χ2v) is 7.77. The smallest absolute Gasteiger partial charge is 0.267 e. The highest BCUT2D eigenvalue weighted by molar-refractivity contribution is 7.99. The number of hydrogen-bond donors (Lipinski definition) is 0. The van der Waals surface area contributed by atoms with Crippen molar-refractivity contribution < 1.29 is 4.74 Å². The summed E-state index contributed by atoms with van der Waals surface area (Å²) in [6, 6.07) is 19.2. The second kappa shape index (κ2) is 8.49. The molecule has 6 heteroatoms. The lowest BCUT2D eigenvalue weighted by molar-refractivity contribution is 0.343. The molecular formula is C23H21N3O2S. The quantitative estimate of drug-likeness (QED) is 0.268. The summed E-state index contributed by atoms with van der Waals surface area (Å²) in [6.07, 6.45) is 1.69. The van der Waals surface area contributed by atoms with E-state index in [0.717, 1.165) is 16.9 Å². The summed E-state index contributed by atoms with van der Waals surface area (Å²) < 4.78 is 7.45. The Kier molecular flexibility index (Phi) is 5.62. The Morgan fingerprint density at radius 1 is 1.03 bits per heavy atom. The molecule has 0 bridgehead atoms. The zero-order valence-electron chi connectivity index (χ0n) is 16.3. The van der Waals surface area contributed by atoms with Gasteiger partial charge in [-0.25, -0.2) is 14.5 Å². The van der Waals surface area contributed by atoms with E-state index in [4.69, 9.17) is 9.72 Å². The molecule has 0 saturated heterocycles. The first-order valence-electron chi connectivity index (χ1n) is 9.39. The van der Waals surface area contributed by atoms with Crippen molar-refractivity contribution >= 4 is 22.7 Å². The number of fused-ring (bicyclic) bond motifs is 1. The van der Waals surface area contributed by atoms with E-state index in [1.165, 1.54) is 11.8 Å². The number of para-hydroxylation sites is 1. The van der Waals surface area contributed by atoms with E-state index in [0.29, 0.717) is 34.2 Å². The minimum absolute atomic E-state index is 0.112. The summed E-state index contributed by atoms with van der Waals surface area (Å²) in [4.78, 5) is 22.4. The molecule has 0 atom stereocenters. The van der Waals surface area contributed by atoms with E-state index in [9.17, 15) is 4.79 Å². The van der Waals surface area contributed by atoms with E-state index in [-0.39, 0.29) is 5.56 Å². The van der Waals surface area contributed by atoms with Crippen LogP contribution >= 0.6 is 11.8 Å². The molecule has 0 spiro atoms. The largest absolute Gasteiger partial charge is 0.493 e. The molecule has 2 aromatic heterocycles. The van der Waals surface area contributed by atoms with Crippen molar-refractivity contribution in [2.45, 2.75) is 19.0 Å². The van der Waals surface area contributed by atoms with Gasteiger partial charge in [-0.1, -0.05) is 42.1 Å². The lowest BCUT2D eigenvalue weighted by Crippen LogP contribution is -2.23. The molecule has 0 aliphatic heterocycles. The fraction of sp³-hybridized carbons (Fsp3) is 0.174. The average molecular weight is 404 g/mol. The Morgan fingerprint density at radius 2 is 1.90 bits per heavy atom. The molecule has 0 amide bonds. The van der Waals surface area contributed by atoms with Gasteiger partial charge in [-0.3, -0.25) is 4.79 Å². The van der Waals surface area contributed by atoms with Crippen LogP contribution in [0.3, 0.4) is 0 Å². The van der Waals surface area contributed by atoms with E-state index in [1.807, 2.05) is 68.4 Å². The highest BCUT2D eigenvalue weighted by Crippen LogP contribution is 2.22. The first kappa shape index (κ1) is 19.2. The Labute approximate surface area is 173 Å². The molecule has 29 heavy (non-hydrogen) atoms. The van der Waals surface area contributed by atoms with Crippen LogP contribution in [0.15, 0.2) is 76.8 Å². The number of pyridine rings is 1. The van der Waals surface area contributed by atoms with Crippen molar-refractivity contribution in [3.05, 3.63) is 88.3 Å². The Balaban J connectivity index is 1.65. The molecule has 0 unspecified atom stereocenters. The maximum Gasteiger partial charge on any atom is 0.267 e. The van der Waals surface area contributed by atoms with Crippen molar-refractivity contribution in [3.8, 4) is 11.6 Å². The zero-order chi connectivity index (χ0) is 20.2. The highest BCUT2D eigenvalue weighted by atomic mass is 32.2. The molecule has 0 radical (unpaired) electrons. The van der Waals surface area contributed by atoms with Crippen molar-refractivity contribution in [2.75, 3.05) is 12.4 Å². The van der Waals surface area contributed by atoms with Gasteiger partial charge in [0.1, 0.15) is 11.6 Å². The Morgan fingerprint density at radius 3 is 2.72 bits per heavy atom. The summed E-state index contributed by atoms with van der Waals surface area (Å²) in [5, 5.41) is 1.20. The van der Waals surface area contributed by atoms with Crippen molar-refractivity contribution in [3.63, 3.8) is 0 Å². The molecule has 5 nitrogen and oxygen atoms in total. The number of rotatable bonds is 6. The van der Waals surface area contributed by atoms with Crippen LogP contribution in [-0.4, -0.2) is 26.9 Å². The molecule has 2 heterocycles. The number of nitrogens with zero attached hydrogens (tertiary/aromatic N) is 3. The minimum atomic E-state index is -0.112. The van der Waals surface area contributed by atoms with Gasteiger partial charge in [0.05, 0.1) is 17.5 Å². The van der Waals surface area contributed by atoms with Crippen LogP contribution in [0.2, 0.25) is 0 Å². The minimum Gasteiger partial charge on any atom is -0.493 e. The molecule has 0 aliphatic carbocycles. The average Bonchev–Trinajstić information content (AvgIpc) is 2.72. The number of ether oxygens (including phenoxy) is 1. The predicted molar refractivity (Wildman–Crippen MR) is 117 cm³/mol. The molecule has 0 fully saturated rings. The zero-order valence-corrected chi connectivity index (χ0v) is 17.1. The SMILES string of the molecule is Cc1cccc(OCCSc2nc3ccccc3c(=O)n2-c2ncccc2C)c1. The number of hydrogen-bond acceptors (Lipinski definition) is 5. The van der Waals surface area contributed by atoms with Gasteiger partial charge in [0.25, 0.3) is 5.56 Å². The van der Waals surface area contributed by atoms with Crippen LogP contribution in [0.25, 0.3) is 16.7 Å². The number of aryl methyl sites for hydroxylation is 2. The van der Waals surface area contributed by atoms with E-state index in [1.54, 1.807) is 16.8 Å². The van der Waals surface area contributed by atoms with Gasteiger partial charge in [0, 0.05) is 11.9 Å².